The van der Waals surface area contributed by atoms with E-state index in [1.807, 2.05) is 0 Å². The smallest absolute Gasteiger partial charge is 0.0205 e. The van der Waals surface area contributed by atoms with E-state index >= 15 is 0 Å². The van der Waals surface area contributed by atoms with Crippen molar-refractivity contribution in [1.29, 1.82) is 0 Å². The summed E-state index contributed by atoms with van der Waals surface area (Å²) in [6.07, 6.45) is 2.37. The van der Waals surface area contributed by atoms with Gasteiger partial charge in [0.05, 0.1) is 0 Å². The lowest BCUT2D eigenvalue weighted by Gasteiger charge is -2.10. The van der Waals surface area contributed by atoms with E-state index in [-0.39, 0.29) is 0 Å². The predicted octanol–water partition coefficient (Wildman–Crippen LogP) is 5.37. The van der Waals surface area contributed by atoms with Gasteiger partial charge in [0.25, 0.3) is 0 Å². The van der Waals surface area contributed by atoms with Crippen LogP contribution in [0.5, 0.6) is 0 Å². The van der Waals surface area contributed by atoms with Gasteiger partial charge in [0.1, 0.15) is 0 Å². The van der Waals surface area contributed by atoms with Gasteiger partial charge in [-0.15, -0.1) is 0 Å². The van der Waals surface area contributed by atoms with Crippen molar-refractivity contribution in [3.63, 3.8) is 0 Å². The Morgan fingerprint density at radius 2 is 1.43 bits per heavy atom. The van der Waals surface area contributed by atoms with Gasteiger partial charge in [0, 0.05) is 6.54 Å². The molecule has 0 fully saturated rings. The maximum atomic E-state index is 3.44. The average molecular weight is 281 g/mol. The molecule has 1 atom stereocenters. The van der Waals surface area contributed by atoms with Gasteiger partial charge in [0.2, 0.25) is 0 Å². The Kier molecular flexibility index (Phi) is 6.01. The fraction of sp³-hybridized carbons (Fsp3) is 0.400. The van der Waals surface area contributed by atoms with Crippen molar-refractivity contribution in [2.24, 2.45) is 0 Å². The van der Waals surface area contributed by atoms with Gasteiger partial charge in [-0.05, 0) is 47.6 Å². The van der Waals surface area contributed by atoms with Crippen LogP contribution in [0.15, 0.2) is 48.5 Å². The molecular formula is C20H27N. The van der Waals surface area contributed by atoms with E-state index in [0.29, 0.717) is 5.92 Å². The van der Waals surface area contributed by atoms with Crippen LogP contribution in [0.3, 0.4) is 0 Å². The van der Waals surface area contributed by atoms with Gasteiger partial charge in [-0.1, -0.05) is 69.3 Å². The first-order chi connectivity index (χ1) is 10.2. The number of hydrogen-bond acceptors (Lipinski definition) is 1. The molecule has 1 heteroatoms. The lowest BCUT2D eigenvalue weighted by atomic mass is 9.95. The van der Waals surface area contributed by atoms with Crippen molar-refractivity contribution in [3.05, 3.63) is 59.7 Å². The molecule has 1 unspecified atom stereocenters. The third-order valence-electron chi connectivity index (χ3n) is 4.14. The maximum Gasteiger partial charge on any atom is 0.0205 e. The summed E-state index contributed by atoms with van der Waals surface area (Å²) in [6.45, 7) is 8.76. The minimum absolute atomic E-state index is 0.645. The van der Waals surface area contributed by atoms with Crippen LogP contribution >= 0.6 is 0 Å². The zero-order valence-electron chi connectivity index (χ0n) is 13.5. The van der Waals surface area contributed by atoms with Gasteiger partial charge >= 0.3 is 0 Å². The third-order valence-corrected chi connectivity index (χ3v) is 4.14. The molecule has 2 rings (SSSR count). The molecule has 2 aromatic rings. The summed E-state index contributed by atoms with van der Waals surface area (Å²) in [6, 6.07) is 17.9. The predicted molar refractivity (Wildman–Crippen MR) is 92.6 cm³/mol. The van der Waals surface area contributed by atoms with E-state index in [1.165, 1.54) is 35.1 Å². The highest BCUT2D eigenvalue weighted by Crippen LogP contribution is 2.24. The molecule has 0 spiro atoms. The van der Waals surface area contributed by atoms with E-state index in [0.717, 1.165) is 13.1 Å². The standard InChI is InChI=1S/C20H27N/c1-4-14-21-15-17-6-8-19(9-7-17)20-12-10-18(11-13-20)16(3)5-2/h6-13,16,21H,4-5,14-15H2,1-3H3. The van der Waals surface area contributed by atoms with Crippen LogP contribution in [0.1, 0.15) is 50.7 Å². The molecule has 2 aromatic carbocycles. The van der Waals surface area contributed by atoms with Crippen molar-refractivity contribution in [2.45, 2.75) is 46.1 Å². The van der Waals surface area contributed by atoms with Gasteiger partial charge in [-0.3, -0.25) is 0 Å². The Morgan fingerprint density at radius 1 is 0.857 bits per heavy atom. The monoisotopic (exact) mass is 281 g/mol. The summed E-state index contributed by atoms with van der Waals surface area (Å²) < 4.78 is 0. The minimum atomic E-state index is 0.645. The summed E-state index contributed by atoms with van der Waals surface area (Å²) in [5.74, 6) is 0.645. The second-order valence-corrected chi connectivity index (χ2v) is 5.81. The zero-order chi connectivity index (χ0) is 15.1. The van der Waals surface area contributed by atoms with Crippen molar-refractivity contribution >= 4 is 0 Å². The molecule has 1 N–H and O–H groups in total. The van der Waals surface area contributed by atoms with Crippen molar-refractivity contribution in [2.75, 3.05) is 6.54 Å². The van der Waals surface area contributed by atoms with Crippen LogP contribution in [0.25, 0.3) is 11.1 Å². The second-order valence-electron chi connectivity index (χ2n) is 5.81. The Hall–Kier alpha value is -1.60. The third kappa shape index (κ3) is 4.44. The molecule has 112 valence electrons. The molecule has 0 bridgehead atoms. The quantitative estimate of drug-likeness (QED) is 0.673. The fourth-order valence-corrected chi connectivity index (χ4v) is 2.46. The molecule has 0 aliphatic carbocycles. The van der Waals surface area contributed by atoms with Gasteiger partial charge in [-0.25, -0.2) is 0 Å². The Morgan fingerprint density at radius 3 is 1.95 bits per heavy atom. The molecule has 0 heterocycles. The highest BCUT2D eigenvalue weighted by atomic mass is 14.8. The van der Waals surface area contributed by atoms with E-state index in [9.17, 15) is 0 Å². The lowest BCUT2D eigenvalue weighted by molar-refractivity contribution is 0.675. The van der Waals surface area contributed by atoms with Crippen LogP contribution in [-0.4, -0.2) is 6.54 Å². The van der Waals surface area contributed by atoms with Crippen LogP contribution in [0.2, 0.25) is 0 Å². The summed E-state index contributed by atoms with van der Waals surface area (Å²) in [4.78, 5) is 0. The molecule has 0 radical (unpaired) electrons. The zero-order valence-corrected chi connectivity index (χ0v) is 13.5. The molecule has 0 saturated carbocycles. The highest BCUT2D eigenvalue weighted by Gasteiger charge is 2.03. The number of benzene rings is 2. The number of nitrogens with one attached hydrogen (secondary N) is 1. The van der Waals surface area contributed by atoms with Crippen LogP contribution < -0.4 is 5.32 Å². The largest absolute Gasteiger partial charge is 0.313 e. The van der Waals surface area contributed by atoms with Crippen LogP contribution in [-0.2, 0) is 6.54 Å². The van der Waals surface area contributed by atoms with Gasteiger partial charge in [0.15, 0.2) is 0 Å². The summed E-state index contributed by atoms with van der Waals surface area (Å²) in [5, 5.41) is 3.44. The number of rotatable bonds is 7. The van der Waals surface area contributed by atoms with E-state index in [4.69, 9.17) is 0 Å². The summed E-state index contributed by atoms with van der Waals surface area (Å²) >= 11 is 0. The Bertz CT molecular complexity index is 525. The van der Waals surface area contributed by atoms with E-state index < -0.39 is 0 Å². The van der Waals surface area contributed by atoms with Crippen LogP contribution in [0.4, 0.5) is 0 Å². The summed E-state index contributed by atoms with van der Waals surface area (Å²) in [5.41, 5.74) is 5.38. The first-order valence-electron chi connectivity index (χ1n) is 8.14. The van der Waals surface area contributed by atoms with Crippen LogP contribution in [0, 0.1) is 0 Å². The lowest BCUT2D eigenvalue weighted by Crippen LogP contribution is -2.13. The second kappa shape index (κ2) is 7.99. The molecule has 0 saturated heterocycles. The fourth-order valence-electron chi connectivity index (χ4n) is 2.46. The van der Waals surface area contributed by atoms with E-state index in [2.05, 4.69) is 74.6 Å². The van der Waals surface area contributed by atoms with Gasteiger partial charge in [-0.2, -0.15) is 0 Å². The molecule has 0 aromatic heterocycles. The summed E-state index contributed by atoms with van der Waals surface area (Å²) in [7, 11) is 0. The van der Waals surface area contributed by atoms with Crippen molar-refractivity contribution < 1.29 is 0 Å². The topological polar surface area (TPSA) is 12.0 Å². The maximum absolute atomic E-state index is 3.44. The highest BCUT2D eigenvalue weighted by molar-refractivity contribution is 5.64. The molecule has 0 amide bonds. The van der Waals surface area contributed by atoms with Gasteiger partial charge < -0.3 is 5.32 Å². The first-order valence-corrected chi connectivity index (χ1v) is 8.14. The van der Waals surface area contributed by atoms with E-state index in [1.54, 1.807) is 0 Å². The van der Waals surface area contributed by atoms with Crippen molar-refractivity contribution in [1.82, 2.24) is 5.32 Å². The SMILES string of the molecule is CCCNCc1ccc(-c2ccc(C(C)CC)cc2)cc1. The molecule has 0 aliphatic heterocycles. The average Bonchev–Trinajstić information content (AvgIpc) is 2.55. The first kappa shape index (κ1) is 15.8. The molecule has 0 aliphatic rings. The minimum Gasteiger partial charge on any atom is -0.313 e. The normalized spacial score (nSPS) is 12.3. The molecule has 21 heavy (non-hydrogen) atoms. The Balaban J connectivity index is 2.04. The van der Waals surface area contributed by atoms with Crippen molar-refractivity contribution in [3.8, 4) is 11.1 Å². The molecular weight excluding hydrogens is 254 g/mol. The molecule has 1 nitrogen and oxygen atoms in total. The Labute approximate surface area is 129 Å². The number of hydrogen-bond donors (Lipinski definition) is 1.